The van der Waals surface area contributed by atoms with E-state index in [0.717, 1.165) is 11.3 Å². The Hall–Kier alpha value is -2.52. The van der Waals surface area contributed by atoms with Gasteiger partial charge < -0.3 is 14.4 Å². The predicted octanol–water partition coefficient (Wildman–Crippen LogP) is 2.30. The van der Waals surface area contributed by atoms with Crippen molar-refractivity contribution in [3.05, 3.63) is 54.1 Å². The highest BCUT2D eigenvalue weighted by atomic mass is 32.2. The summed E-state index contributed by atoms with van der Waals surface area (Å²) in [7, 11) is -3.12. The van der Waals surface area contributed by atoms with E-state index in [1.165, 1.54) is 11.8 Å². The maximum atomic E-state index is 12.6. The van der Waals surface area contributed by atoms with E-state index in [4.69, 9.17) is 9.47 Å². The quantitative estimate of drug-likeness (QED) is 0.718. The summed E-state index contributed by atoms with van der Waals surface area (Å²) in [4.78, 5) is 18.9. The Balaban J connectivity index is 1.48. The Morgan fingerprint density at radius 3 is 2.63 bits per heavy atom. The number of sulfone groups is 1. The lowest BCUT2D eigenvalue weighted by Gasteiger charge is -2.26. The fourth-order valence-electron chi connectivity index (χ4n) is 3.96. The van der Waals surface area contributed by atoms with Crippen LogP contribution in [0.1, 0.15) is 5.56 Å². The van der Waals surface area contributed by atoms with Gasteiger partial charge >= 0.3 is 0 Å². The molecule has 2 aromatic carbocycles. The summed E-state index contributed by atoms with van der Waals surface area (Å²) >= 11 is 1.37. The van der Waals surface area contributed by atoms with Crippen molar-refractivity contribution in [1.82, 2.24) is 0 Å². The normalized spacial score (nSPS) is 25.3. The van der Waals surface area contributed by atoms with E-state index in [-0.39, 0.29) is 35.1 Å². The van der Waals surface area contributed by atoms with Crippen LogP contribution in [0.4, 0.5) is 5.69 Å². The van der Waals surface area contributed by atoms with Crippen molar-refractivity contribution in [3.63, 3.8) is 0 Å². The third-order valence-electron chi connectivity index (χ3n) is 5.29. The number of aliphatic imine (C=N–C) groups is 1. The number of hydrogen-bond donors (Lipinski definition) is 0. The summed E-state index contributed by atoms with van der Waals surface area (Å²) in [5.74, 6) is 1.16. The summed E-state index contributed by atoms with van der Waals surface area (Å²) < 4.78 is 35.7. The van der Waals surface area contributed by atoms with E-state index in [9.17, 15) is 13.2 Å². The van der Waals surface area contributed by atoms with Gasteiger partial charge in [0.05, 0.1) is 24.0 Å². The Kier molecular flexibility index (Phi) is 4.94. The number of benzene rings is 2. The van der Waals surface area contributed by atoms with Crippen LogP contribution in [0.2, 0.25) is 0 Å². The van der Waals surface area contributed by atoms with Crippen LogP contribution < -0.4 is 14.4 Å². The number of nitrogens with zero attached hydrogens (tertiary/aromatic N) is 2. The molecule has 3 aliphatic heterocycles. The van der Waals surface area contributed by atoms with E-state index in [0.29, 0.717) is 29.9 Å². The molecular weight excluding hydrogens is 424 g/mol. The molecule has 2 saturated heterocycles. The SMILES string of the molecule is O=C(Cc1ccccc1)N=C1S[C@@H]2CS(=O)(=O)C[C@H]2N1c1ccc2c(c1)OCCO2. The summed E-state index contributed by atoms with van der Waals surface area (Å²) in [5, 5.41) is 0.393. The third kappa shape index (κ3) is 3.79. The van der Waals surface area contributed by atoms with E-state index < -0.39 is 9.84 Å². The van der Waals surface area contributed by atoms with Gasteiger partial charge in [0.1, 0.15) is 13.2 Å². The molecule has 2 aromatic rings. The number of carbonyl (C=O) groups excluding carboxylic acids is 1. The van der Waals surface area contributed by atoms with Crippen molar-refractivity contribution in [2.75, 3.05) is 29.6 Å². The number of amides is 1. The second-order valence-corrected chi connectivity index (χ2v) is 10.8. The molecular formula is C21H20N2O5S2. The summed E-state index contributed by atoms with van der Waals surface area (Å²) in [6.07, 6.45) is 0.202. The van der Waals surface area contributed by atoms with Crippen LogP contribution in [0, 0.1) is 0 Å². The van der Waals surface area contributed by atoms with Gasteiger partial charge in [0.15, 0.2) is 26.5 Å². The van der Waals surface area contributed by atoms with Crippen LogP contribution in [0.25, 0.3) is 0 Å². The Morgan fingerprint density at radius 1 is 1.07 bits per heavy atom. The molecule has 0 N–H and O–H groups in total. The van der Waals surface area contributed by atoms with Crippen molar-refractivity contribution in [1.29, 1.82) is 0 Å². The molecule has 2 fully saturated rings. The lowest BCUT2D eigenvalue weighted by Crippen LogP contribution is -2.37. The van der Waals surface area contributed by atoms with Crippen molar-refractivity contribution >= 4 is 38.4 Å². The van der Waals surface area contributed by atoms with Crippen LogP contribution in [0.5, 0.6) is 11.5 Å². The number of thioether (sulfide) groups is 1. The molecule has 5 rings (SSSR count). The van der Waals surface area contributed by atoms with Crippen molar-refractivity contribution < 1.29 is 22.7 Å². The number of rotatable bonds is 3. The van der Waals surface area contributed by atoms with Gasteiger partial charge in [-0.15, -0.1) is 0 Å². The second kappa shape index (κ2) is 7.63. The van der Waals surface area contributed by atoms with Gasteiger partial charge in [0.2, 0.25) is 0 Å². The van der Waals surface area contributed by atoms with E-state index in [1.807, 2.05) is 53.4 Å². The molecule has 0 spiro atoms. The number of fused-ring (bicyclic) bond motifs is 2. The zero-order valence-corrected chi connectivity index (χ0v) is 17.7. The number of ether oxygens (including phenoxy) is 2. The lowest BCUT2D eigenvalue weighted by atomic mass is 10.1. The molecule has 7 nitrogen and oxygen atoms in total. The minimum absolute atomic E-state index is 0.0466. The Morgan fingerprint density at radius 2 is 1.83 bits per heavy atom. The highest BCUT2D eigenvalue weighted by Crippen LogP contribution is 2.43. The minimum atomic E-state index is -3.12. The Bertz CT molecular complexity index is 1120. The average Bonchev–Trinajstić information content (AvgIpc) is 3.19. The van der Waals surface area contributed by atoms with Crippen molar-refractivity contribution in [2.45, 2.75) is 17.7 Å². The van der Waals surface area contributed by atoms with Gasteiger partial charge in [-0.2, -0.15) is 4.99 Å². The number of hydrogen-bond acceptors (Lipinski definition) is 6. The van der Waals surface area contributed by atoms with Crippen molar-refractivity contribution in [2.24, 2.45) is 4.99 Å². The van der Waals surface area contributed by atoms with Crippen LogP contribution in [0.3, 0.4) is 0 Å². The van der Waals surface area contributed by atoms with Crippen LogP contribution in [-0.4, -0.2) is 55.5 Å². The highest BCUT2D eigenvalue weighted by molar-refractivity contribution is 8.16. The maximum absolute atomic E-state index is 12.6. The monoisotopic (exact) mass is 444 g/mol. The van der Waals surface area contributed by atoms with Crippen LogP contribution in [0.15, 0.2) is 53.5 Å². The van der Waals surface area contributed by atoms with E-state index in [2.05, 4.69) is 4.99 Å². The molecule has 0 aromatic heterocycles. The number of anilines is 1. The fraction of sp³-hybridized carbons (Fsp3) is 0.333. The summed E-state index contributed by atoms with van der Waals surface area (Å²) in [5.41, 5.74) is 1.64. The second-order valence-electron chi connectivity index (χ2n) is 7.45. The zero-order valence-electron chi connectivity index (χ0n) is 16.1. The molecule has 156 valence electrons. The molecule has 0 aliphatic carbocycles. The first-order valence-corrected chi connectivity index (χ1v) is 12.4. The van der Waals surface area contributed by atoms with Gasteiger partial charge in [0, 0.05) is 17.0 Å². The Labute approximate surface area is 179 Å². The molecule has 3 aliphatic rings. The van der Waals surface area contributed by atoms with Gasteiger partial charge in [0.25, 0.3) is 5.91 Å². The molecule has 1 amide bonds. The lowest BCUT2D eigenvalue weighted by molar-refractivity contribution is -0.117. The van der Waals surface area contributed by atoms with Gasteiger partial charge in [-0.25, -0.2) is 8.42 Å². The molecule has 2 atom stereocenters. The molecule has 0 radical (unpaired) electrons. The van der Waals surface area contributed by atoms with Gasteiger partial charge in [-0.05, 0) is 17.7 Å². The maximum Gasteiger partial charge on any atom is 0.252 e. The largest absolute Gasteiger partial charge is 0.486 e. The molecule has 0 unspecified atom stereocenters. The average molecular weight is 445 g/mol. The van der Waals surface area contributed by atoms with Gasteiger partial charge in [-0.1, -0.05) is 42.1 Å². The smallest absolute Gasteiger partial charge is 0.252 e. The fourth-order valence-corrected chi connectivity index (χ4v) is 7.90. The molecule has 0 bridgehead atoms. The molecule has 30 heavy (non-hydrogen) atoms. The first kappa shape index (κ1) is 19.4. The summed E-state index contributed by atoms with van der Waals surface area (Å²) in [6.45, 7) is 0.956. The zero-order chi connectivity index (χ0) is 20.7. The first-order chi connectivity index (χ1) is 14.5. The highest BCUT2D eigenvalue weighted by Gasteiger charge is 2.49. The predicted molar refractivity (Wildman–Crippen MR) is 116 cm³/mol. The standard InChI is InChI=1S/C21H20N2O5S2/c24-20(10-14-4-2-1-3-5-14)22-21-23(16-12-30(25,26)13-19(16)29-21)15-6-7-17-18(11-15)28-9-8-27-17/h1-7,11,16,19H,8-10,12-13H2/t16-,19-/m1/s1. The van der Waals surface area contributed by atoms with Crippen molar-refractivity contribution in [3.8, 4) is 11.5 Å². The van der Waals surface area contributed by atoms with E-state index in [1.54, 1.807) is 0 Å². The summed E-state index contributed by atoms with van der Waals surface area (Å²) in [6, 6.07) is 14.7. The van der Waals surface area contributed by atoms with Crippen LogP contribution >= 0.6 is 11.8 Å². The van der Waals surface area contributed by atoms with Gasteiger partial charge in [-0.3, -0.25) is 4.79 Å². The molecule has 9 heteroatoms. The molecule has 0 saturated carbocycles. The van der Waals surface area contributed by atoms with E-state index >= 15 is 0 Å². The molecule has 3 heterocycles. The minimum Gasteiger partial charge on any atom is -0.486 e. The number of amidine groups is 1. The first-order valence-electron chi connectivity index (χ1n) is 9.70. The number of carbonyl (C=O) groups is 1. The van der Waals surface area contributed by atoms with Crippen LogP contribution in [-0.2, 0) is 21.1 Å². The topological polar surface area (TPSA) is 85.3 Å². The third-order valence-corrected chi connectivity index (χ3v) is 8.50.